The monoisotopic (exact) mass is 331 g/mol. The Labute approximate surface area is 144 Å². The van der Waals surface area contributed by atoms with Crippen molar-refractivity contribution in [3.63, 3.8) is 0 Å². The summed E-state index contributed by atoms with van der Waals surface area (Å²) in [6.45, 7) is 1.91. The van der Waals surface area contributed by atoms with Crippen LogP contribution in [0.2, 0.25) is 0 Å². The molecule has 4 aromatic rings. The average molecular weight is 331 g/mol. The van der Waals surface area contributed by atoms with E-state index in [1.54, 1.807) is 18.5 Å². The third kappa shape index (κ3) is 2.89. The summed E-state index contributed by atoms with van der Waals surface area (Å²) >= 11 is 0. The maximum atomic E-state index is 12.8. The molecule has 0 spiro atoms. The molecule has 2 heterocycles. The van der Waals surface area contributed by atoms with Gasteiger partial charge >= 0.3 is 0 Å². The first-order valence-corrected chi connectivity index (χ1v) is 8.06. The molecule has 0 saturated carbocycles. The predicted octanol–water partition coefficient (Wildman–Crippen LogP) is 3.44. The number of nitrogens with one attached hydrogen (secondary N) is 3. The Morgan fingerprint density at radius 2 is 1.92 bits per heavy atom. The zero-order valence-corrected chi connectivity index (χ0v) is 13.7. The first-order chi connectivity index (χ1) is 12.2. The molecule has 2 aromatic heterocycles. The number of nitrogens with zero attached hydrogens (tertiary/aromatic N) is 2. The highest BCUT2D eigenvalue weighted by atomic mass is 16.1. The fraction of sp³-hybridized carbons (Fsp3) is 0.105. The summed E-state index contributed by atoms with van der Waals surface area (Å²) in [5, 5.41) is 3.00. The number of para-hydroxylation sites is 2. The first-order valence-electron chi connectivity index (χ1n) is 8.06. The summed E-state index contributed by atoms with van der Waals surface area (Å²) in [7, 11) is 0. The molecular weight excluding hydrogens is 314 g/mol. The maximum Gasteiger partial charge on any atom is 0.252 e. The zero-order valence-electron chi connectivity index (χ0n) is 13.7. The Morgan fingerprint density at radius 1 is 1.12 bits per heavy atom. The van der Waals surface area contributed by atoms with Crippen LogP contribution in [0, 0.1) is 0 Å². The molecule has 25 heavy (non-hydrogen) atoms. The average Bonchev–Trinajstić information content (AvgIpc) is 3.31. The Hall–Kier alpha value is -3.41. The largest absolute Gasteiger partial charge is 0.345 e. The molecule has 3 N–H and O–H groups in total. The molecule has 0 aliphatic heterocycles. The van der Waals surface area contributed by atoms with E-state index in [0.717, 1.165) is 22.4 Å². The number of imidazole rings is 2. The van der Waals surface area contributed by atoms with E-state index in [1.165, 1.54) is 0 Å². The summed E-state index contributed by atoms with van der Waals surface area (Å²) in [5.74, 6) is 1.23. The van der Waals surface area contributed by atoms with Crippen molar-refractivity contribution in [2.45, 2.75) is 13.0 Å². The van der Waals surface area contributed by atoms with Crippen LogP contribution in [-0.2, 0) is 0 Å². The van der Waals surface area contributed by atoms with Gasteiger partial charge in [-0.15, -0.1) is 0 Å². The lowest BCUT2D eigenvalue weighted by atomic mass is 10.1. The van der Waals surface area contributed by atoms with Gasteiger partial charge in [0.2, 0.25) is 0 Å². The standard InChI is InChI=1S/C19H17N5O/c1-12(17-23-15-8-4-5-9-16(15)24-17)22-19(25)14-7-3-2-6-13(14)18-20-10-11-21-18/h2-12H,1H3,(H,20,21)(H,22,25)(H,23,24)/t12-/m0/s1. The van der Waals surface area contributed by atoms with Crippen LogP contribution in [0.25, 0.3) is 22.4 Å². The highest BCUT2D eigenvalue weighted by molar-refractivity contribution is 6.00. The van der Waals surface area contributed by atoms with Gasteiger partial charge in [0.05, 0.1) is 22.6 Å². The van der Waals surface area contributed by atoms with Crippen molar-refractivity contribution in [3.8, 4) is 11.4 Å². The number of aromatic nitrogens is 4. The summed E-state index contributed by atoms with van der Waals surface area (Å²) < 4.78 is 0. The quantitative estimate of drug-likeness (QED) is 0.535. The first kappa shape index (κ1) is 15.1. The van der Waals surface area contributed by atoms with Crippen LogP contribution in [0.1, 0.15) is 29.1 Å². The molecule has 6 heteroatoms. The third-order valence-corrected chi connectivity index (χ3v) is 4.09. The molecule has 0 fully saturated rings. The van der Waals surface area contributed by atoms with Crippen molar-refractivity contribution in [2.75, 3.05) is 0 Å². The fourth-order valence-electron chi connectivity index (χ4n) is 2.82. The molecular formula is C19H17N5O. The second-order valence-electron chi connectivity index (χ2n) is 5.82. The van der Waals surface area contributed by atoms with Crippen LogP contribution in [-0.4, -0.2) is 25.8 Å². The van der Waals surface area contributed by atoms with Crippen LogP contribution in [0.5, 0.6) is 0 Å². The number of carbonyl (C=O) groups is 1. The van der Waals surface area contributed by atoms with Crippen LogP contribution in [0.3, 0.4) is 0 Å². The highest BCUT2D eigenvalue weighted by Crippen LogP contribution is 2.21. The van der Waals surface area contributed by atoms with Crippen molar-refractivity contribution in [1.29, 1.82) is 0 Å². The minimum atomic E-state index is -0.246. The topological polar surface area (TPSA) is 86.5 Å². The normalized spacial score (nSPS) is 12.2. The van der Waals surface area contributed by atoms with Gasteiger partial charge in [-0.2, -0.15) is 0 Å². The molecule has 0 bridgehead atoms. The van der Waals surface area contributed by atoms with E-state index in [4.69, 9.17) is 0 Å². The second-order valence-corrected chi connectivity index (χ2v) is 5.82. The predicted molar refractivity (Wildman–Crippen MR) is 96.0 cm³/mol. The minimum absolute atomic E-state index is 0.167. The van der Waals surface area contributed by atoms with Gasteiger partial charge in [0.1, 0.15) is 11.6 Å². The smallest absolute Gasteiger partial charge is 0.252 e. The number of carbonyl (C=O) groups excluding carboxylic acids is 1. The minimum Gasteiger partial charge on any atom is -0.345 e. The van der Waals surface area contributed by atoms with Gasteiger partial charge in [0.25, 0.3) is 5.91 Å². The number of rotatable bonds is 4. The number of fused-ring (bicyclic) bond motifs is 1. The van der Waals surface area contributed by atoms with E-state index in [1.807, 2.05) is 49.4 Å². The third-order valence-electron chi connectivity index (χ3n) is 4.09. The van der Waals surface area contributed by atoms with Gasteiger partial charge in [-0.3, -0.25) is 4.79 Å². The summed E-state index contributed by atoms with van der Waals surface area (Å²) in [6, 6.07) is 14.9. The van der Waals surface area contributed by atoms with Crippen molar-refractivity contribution >= 4 is 16.9 Å². The van der Waals surface area contributed by atoms with Gasteiger partial charge in [-0.25, -0.2) is 9.97 Å². The van der Waals surface area contributed by atoms with Gasteiger partial charge < -0.3 is 15.3 Å². The second kappa shape index (κ2) is 6.24. The van der Waals surface area contributed by atoms with Crippen LogP contribution >= 0.6 is 0 Å². The van der Waals surface area contributed by atoms with E-state index < -0.39 is 0 Å². The Morgan fingerprint density at radius 3 is 2.72 bits per heavy atom. The summed E-state index contributed by atoms with van der Waals surface area (Å²) in [6.07, 6.45) is 3.40. The van der Waals surface area contributed by atoms with Gasteiger partial charge in [0.15, 0.2) is 0 Å². The summed E-state index contributed by atoms with van der Waals surface area (Å²) in [5.41, 5.74) is 3.17. The van der Waals surface area contributed by atoms with Crippen LogP contribution < -0.4 is 5.32 Å². The van der Waals surface area contributed by atoms with E-state index in [9.17, 15) is 4.79 Å². The number of aromatic amines is 2. The van der Waals surface area contributed by atoms with Crippen molar-refractivity contribution in [3.05, 3.63) is 72.3 Å². The molecule has 0 aliphatic rings. The molecule has 124 valence electrons. The lowest BCUT2D eigenvalue weighted by Crippen LogP contribution is -2.27. The Balaban J connectivity index is 1.60. The van der Waals surface area contributed by atoms with Crippen molar-refractivity contribution in [1.82, 2.24) is 25.3 Å². The number of H-pyrrole nitrogens is 2. The van der Waals surface area contributed by atoms with Crippen molar-refractivity contribution < 1.29 is 4.79 Å². The van der Waals surface area contributed by atoms with E-state index >= 15 is 0 Å². The van der Waals surface area contributed by atoms with Gasteiger partial charge in [-0.05, 0) is 25.1 Å². The van der Waals surface area contributed by atoms with Gasteiger partial charge in [0, 0.05) is 18.0 Å². The van der Waals surface area contributed by atoms with Crippen LogP contribution in [0.15, 0.2) is 60.9 Å². The number of hydrogen-bond donors (Lipinski definition) is 3. The molecule has 1 amide bonds. The van der Waals surface area contributed by atoms with Crippen molar-refractivity contribution in [2.24, 2.45) is 0 Å². The Kier molecular flexibility index (Phi) is 3.78. The molecule has 0 saturated heterocycles. The molecule has 1 atom stereocenters. The number of benzene rings is 2. The highest BCUT2D eigenvalue weighted by Gasteiger charge is 2.18. The van der Waals surface area contributed by atoms with Crippen LogP contribution in [0.4, 0.5) is 0 Å². The molecule has 6 nitrogen and oxygen atoms in total. The van der Waals surface area contributed by atoms with Gasteiger partial charge in [-0.1, -0.05) is 30.3 Å². The summed E-state index contributed by atoms with van der Waals surface area (Å²) in [4.78, 5) is 27.8. The van der Waals surface area contributed by atoms with E-state index in [-0.39, 0.29) is 11.9 Å². The maximum absolute atomic E-state index is 12.8. The molecule has 2 aromatic carbocycles. The lowest BCUT2D eigenvalue weighted by Gasteiger charge is -2.13. The lowest BCUT2D eigenvalue weighted by molar-refractivity contribution is 0.0939. The van der Waals surface area contributed by atoms with E-state index in [2.05, 4.69) is 25.3 Å². The molecule has 0 unspecified atom stereocenters. The number of hydrogen-bond acceptors (Lipinski definition) is 3. The zero-order chi connectivity index (χ0) is 17.2. The molecule has 4 rings (SSSR count). The molecule has 0 aliphatic carbocycles. The fourth-order valence-corrected chi connectivity index (χ4v) is 2.82. The Bertz CT molecular complexity index is 986. The molecule has 0 radical (unpaired) electrons. The SMILES string of the molecule is C[C@H](NC(=O)c1ccccc1-c1ncc[nH]1)c1nc2ccccc2[nH]1. The van der Waals surface area contributed by atoms with E-state index in [0.29, 0.717) is 11.4 Å². The number of amides is 1.